The van der Waals surface area contributed by atoms with E-state index in [0.29, 0.717) is 16.5 Å². The van der Waals surface area contributed by atoms with Crippen molar-refractivity contribution in [3.8, 4) is 11.3 Å². The highest BCUT2D eigenvalue weighted by Gasteiger charge is 2.18. The van der Waals surface area contributed by atoms with Crippen molar-refractivity contribution >= 4 is 28.8 Å². The molecule has 0 aliphatic carbocycles. The summed E-state index contributed by atoms with van der Waals surface area (Å²) in [6.45, 7) is 5.59. The number of oxazole rings is 1. The van der Waals surface area contributed by atoms with Crippen LogP contribution >= 0.6 is 11.6 Å². The highest BCUT2D eigenvalue weighted by molar-refractivity contribution is 7.85. The zero-order valence-corrected chi connectivity index (χ0v) is 13.0. The maximum absolute atomic E-state index is 11.9. The summed E-state index contributed by atoms with van der Waals surface area (Å²) < 4.78 is 20.9. The van der Waals surface area contributed by atoms with Gasteiger partial charge in [-0.25, -0.2) is 9.19 Å². The smallest absolute Gasteiger partial charge is 0.182 e. The molecule has 0 aliphatic rings. The molecular weight excluding hydrogens is 296 g/mol. The molecule has 0 unspecified atom stereocenters. The van der Waals surface area contributed by atoms with Gasteiger partial charge in [-0.2, -0.15) is 4.40 Å². The van der Waals surface area contributed by atoms with Crippen LogP contribution in [0.5, 0.6) is 0 Å². The summed E-state index contributed by atoms with van der Waals surface area (Å²) in [6, 6.07) is 7.21. The number of aromatic nitrogens is 1. The molecule has 0 saturated carbocycles. The average Bonchev–Trinajstić information content (AvgIpc) is 2.84. The summed E-state index contributed by atoms with van der Waals surface area (Å²) >= 11 is 5.85. The molecule has 2 rings (SSSR count). The van der Waals surface area contributed by atoms with Crippen LogP contribution in [0.15, 0.2) is 39.5 Å². The Bertz CT molecular complexity index is 642. The van der Waals surface area contributed by atoms with Crippen LogP contribution in [0.25, 0.3) is 11.3 Å². The predicted octanol–water partition coefficient (Wildman–Crippen LogP) is 3.88. The van der Waals surface area contributed by atoms with Crippen LogP contribution in [0.2, 0.25) is 5.02 Å². The van der Waals surface area contributed by atoms with E-state index >= 15 is 0 Å². The first-order chi connectivity index (χ1) is 9.38. The van der Waals surface area contributed by atoms with Crippen LogP contribution in [0.3, 0.4) is 0 Å². The van der Waals surface area contributed by atoms with E-state index in [1.807, 2.05) is 32.9 Å². The van der Waals surface area contributed by atoms with E-state index in [4.69, 9.17) is 16.0 Å². The van der Waals surface area contributed by atoms with Crippen molar-refractivity contribution in [2.75, 3.05) is 0 Å². The summed E-state index contributed by atoms with van der Waals surface area (Å²) in [7, 11) is -1.32. The average molecular weight is 311 g/mol. The number of hydrogen-bond acceptors (Lipinski definition) is 3. The number of nitrogens with zero attached hydrogens (tertiary/aromatic N) is 2. The molecule has 1 atom stereocenters. The van der Waals surface area contributed by atoms with Gasteiger partial charge in [-0.05, 0) is 45.0 Å². The molecule has 0 bridgehead atoms. The summed E-state index contributed by atoms with van der Waals surface area (Å²) in [4.78, 5) is 4.09. The molecule has 20 heavy (non-hydrogen) atoms. The highest BCUT2D eigenvalue weighted by atomic mass is 35.5. The second-order valence-electron chi connectivity index (χ2n) is 5.17. The van der Waals surface area contributed by atoms with Gasteiger partial charge in [0.05, 0.1) is 11.0 Å². The SMILES string of the molecule is CC(C)(C)[S@](=O)/N=C/c1ncoc1-c1ccc(Cl)cc1. The van der Waals surface area contributed by atoms with Crippen molar-refractivity contribution in [3.05, 3.63) is 41.4 Å². The van der Waals surface area contributed by atoms with Crippen LogP contribution in [0.4, 0.5) is 0 Å². The van der Waals surface area contributed by atoms with Crippen molar-refractivity contribution in [1.82, 2.24) is 4.98 Å². The Morgan fingerprint density at radius 3 is 2.55 bits per heavy atom. The van der Waals surface area contributed by atoms with Gasteiger partial charge in [0.2, 0.25) is 0 Å². The minimum atomic E-state index is -1.32. The lowest BCUT2D eigenvalue weighted by Crippen LogP contribution is -2.19. The topological polar surface area (TPSA) is 55.5 Å². The summed E-state index contributed by atoms with van der Waals surface area (Å²) in [5.41, 5.74) is 1.39. The van der Waals surface area contributed by atoms with Crippen molar-refractivity contribution in [2.24, 2.45) is 4.40 Å². The Morgan fingerprint density at radius 2 is 1.95 bits per heavy atom. The largest absolute Gasteiger partial charge is 0.443 e. The molecule has 0 N–H and O–H groups in total. The molecule has 0 radical (unpaired) electrons. The molecule has 0 amide bonds. The van der Waals surface area contributed by atoms with E-state index in [0.717, 1.165) is 5.56 Å². The second kappa shape index (κ2) is 5.89. The Labute approximate surface area is 125 Å². The molecule has 4 nitrogen and oxygen atoms in total. The van der Waals surface area contributed by atoms with Gasteiger partial charge in [-0.15, -0.1) is 0 Å². The zero-order chi connectivity index (χ0) is 14.8. The van der Waals surface area contributed by atoms with Gasteiger partial charge in [0, 0.05) is 10.6 Å². The molecule has 0 spiro atoms. The lowest BCUT2D eigenvalue weighted by atomic mass is 10.1. The van der Waals surface area contributed by atoms with Crippen molar-refractivity contribution < 1.29 is 8.63 Å². The molecule has 1 aromatic carbocycles. The van der Waals surface area contributed by atoms with E-state index in [1.165, 1.54) is 12.6 Å². The zero-order valence-electron chi connectivity index (χ0n) is 11.5. The fourth-order valence-electron chi connectivity index (χ4n) is 1.42. The summed E-state index contributed by atoms with van der Waals surface area (Å²) in [5.74, 6) is 0.580. The first kappa shape index (κ1) is 14.9. The van der Waals surface area contributed by atoms with E-state index in [1.54, 1.807) is 12.1 Å². The van der Waals surface area contributed by atoms with Crippen LogP contribution in [0.1, 0.15) is 26.5 Å². The van der Waals surface area contributed by atoms with Crippen LogP contribution < -0.4 is 0 Å². The second-order valence-corrected chi connectivity index (χ2v) is 7.54. The number of rotatable bonds is 3. The first-order valence-corrected chi connectivity index (χ1v) is 7.52. The summed E-state index contributed by atoms with van der Waals surface area (Å²) in [6.07, 6.45) is 2.82. The Morgan fingerprint density at radius 1 is 1.30 bits per heavy atom. The van der Waals surface area contributed by atoms with Crippen molar-refractivity contribution in [2.45, 2.75) is 25.5 Å². The molecule has 2 aromatic rings. The fourth-order valence-corrected chi connectivity index (χ4v) is 2.06. The van der Waals surface area contributed by atoms with Gasteiger partial charge >= 0.3 is 0 Å². The first-order valence-electron chi connectivity index (χ1n) is 6.03. The van der Waals surface area contributed by atoms with Crippen molar-refractivity contribution in [1.29, 1.82) is 0 Å². The molecule has 1 heterocycles. The Kier molecular flexibility index (Phi) is 4.40. The lowest BCUT2D eigenvalue weighted by molar-refractivity contribution is 0.572. The van der Waals surface area contributed by atoms with Gasteiger partial charge in [0.15, 0.2) is 12.2 Å². The number of benzene rings is 1. The van der Waals surface area contributed by atoms with E-state index in [9.17, 15) is 4.21 Å². The Balaban J connectivity index is 2.28. The molecule has 0 saturated heterocycles. The lowest BCUT2D eigenvalue weighted by Gasteiger charge is -2.12. The molecule has 6 heteroatoms. The monoisotopic (exact) mass is 310 g/mol. The molecule has 106 valence electrons. The standard InChI is InChI=1S/C14H15ClN2O2S/c1-14(2,3)20(18)17-8-12-13(19-9-16-12)10-4-6-11(15)7-5-10/h4-9H,1-3H3/b17-8+/t20-/m0/s1. The fraction of sp³-hybridized carbons (Fsp3) is 0.286. The predicted molar refractivity (Wildman–Crippen MR) is 82.4 cm³/mol. The van der Waals surface area contributed by atoms with Crippen LogP contribution in [-0.2, 0) is 11.0 Å². The maximum atomic E-state index is 11.9. The minimum Gasteiger partial charge on any atom is -0.443 e. The van der Waals surface area contributed by atoms with Gasteiger partial charge < -0.3 is 4.42 Å². The third kappa shape index (κ3) is 3.55. The minimum absolute atomic E-state index is 0.402. The molecule has 0 fully saturated rings. The number of halogens is 1. The maximum Gasteiger partial charge on any atom is 0.182 e. The van der Waals surface area contributed by atoms with Gasteiger partial charge in [0.25, 0.3) is 0 Å². The number of hydrogen-bond donors (Lipinski definition) is 0. The molecular formula is C14H15ClN2O2S. The van der Waals surface area contributed by atoms with Gasteiger partial charge in [0.1, 0.15) is 16.7 Å². The molecule has 0 aliphatic heterocycles. The normalized spacial score (nSPS) is 13.8. The van der Waals surface area contributed by atoms with Crippen LogP contribution in [-0.4, -0.2) is 20.2 Å². The van der Waals surface area contributed by atoms with E-state index < -0.39 is 15.7 Å². The van der Waals surface area contributed by atoms with E-state index in [2.05, 4.69) is 9.38 Å². The molecule has 1 aromatic heterocycles. The highest BCUT2D eigenvalue weighted by Crippen LogP contribution is 2.24. The van der Waals surface area contributed by atoms with Crippen molar-refractivity contribution in [3.63, 3.8) is 0 Å². The summed E-state index contributed by atoms with van der Waals surface area (Å²) in [5, 5.41) is 0.650. The van der Waals surface area contributed by atoms with E-state index in [-0.39, 0.29) is 0 Å². The Hall–Kier alpha value is -1.46. The third-order valence-corrected chi connectivity index (χ3v) is 4.09. The van der Waals surface area contributed by atoms with Crippen LogP contribution in [0, 0.1) is 0 Å². The van der Waals surface area contributed by atoms with Gasteiger partial charge in [-0.1, -0.05) is 11.6 Å². The van der Waals surface area contributed by atoms with Gasteiger partial charge in [-0.3, -0.25) is 0 Å². The third-order valence-electron chi connectivity index (χ3n) is 2.50. The quantitative estimate of drug-likeness (QED) is 0.808.